The second-order valence-corrected chi connectivity index (χ2v) is 5.09. The third-order valence-corrected chi connectivity index (χ3v) is 3.72. The summed E-state index contributed by atoms with van der Waals surface area (Å²) in [5.41, 5.74) is 3.92. The second kappa shape index (κ2) is 5.17. The van der Waals surface area contributed by atoms with Crippen LogP contribution in [0.3, 0.4) is 0 Å². The molecule has 0 fully saturated rings. The van der Waals surface area contributed by atoms with E-state index in [1.54, 1.807) is 0 Å². The topological polar surface area (TPSA) is 12.0 Å². The predicted octanol–water partition coefficient (Wildman–Crippen LogP) is 4.02. The number of benzene rings is 1. The van der Waals surface area contributed by atoms with Crippen LogP contribution in [0.4, 0.5) is 5.69 Å². The molecule has 2 heteroatoms. The minimum Gasteiger partial charge on any atom is -0.385 e. The van der Waals surface area contributed by atoms with Crippen LogP contribution < -0.4 is 5.32 Å². The molecular formula is C14H17NS. The lowest BCUT2D eigenvalue weighted by Gasteiger charge is -2.07. The monoisotopic (exact) mass is 231 g/mol. The van der Waals surface area contributed by atoms with Crippen LogP contribution in [-0.4, -0.2) is 6.54 Å². The van der Waals surface area contributed by atoms with Crippen LogP contribution >= 0.6 is 11.3 Å². The van der Waals surface area contributed by atoms with Gasteiger partial charge in [0, 0.05) is 17.1 Å². The first-order valence-corrected chi connectivity index (χ1v) is 6.47. The summed E-state index contributed by atoms with van der Waals surface area (Å²) < 4.78 is 0. The largest absolute Gasteiger partial charge is 0.385 e. The van der Waals surface area contributed by atoms with Crippen LogP contribution in [0, 0.1) is 13.8 Å². The molecule has 0 amide bonds. The molecule has 1 aromatic heterocycles. The van der Waals surface area contributed by atoms with Crippen molar-refractivity contribution in [1.29, 1.82) is 0 Å². The molecule has 0 atom stereocenters. The van der Waals surface area contributed by atoms with Crippen LogP contribution in [0.2, 0.25) is 0 Å². The maximum Gasteiger partial charge on any atom is 0.0343 e. The number of hydrogen-bond acceptors (Lipinski definition) is 2. The van der Waals surface area contributed by atoms with E-state index in [-0.39, 0.29) is 0 Å². The first kappa shape index (κ1) is 11.2. The molecule has 2 aromatic rings. The van der Waals surface area contributed by atoms with E-state index in [9.17, 15) is 0 Å². The van der Waals surface area contributed by atoms with Gasteiger partial charge in [-0.15, -0.1) is 11.3 Å². The zero-order valence-corrected chi connectivity index (χ0v) is 10.6. The average molecular weight is 231 g/mol. The molecule has 1 heterocycles. The van der Waals surface area contributed by atoms with E-state index in [1.807, 2.05) is 11.3 Å². The lowest BCUT2D eigenvalue weighted by atomic mass is 10.1. The highest BCUT2D eigenvalue weighted by Crippen LogP contribution is 2.15. The minimum atomic E-state index is 1.00. The van der Waals surface area contributed by atoms with E-state index in [0.717, 1.165) is 13.0 Å². The Morgan fingerprint density at radius 3 is 2.69 bits per heavy atom. The van der Waals surface area contributed by atoms with E-state index in [1.165, 1.54) is 21.7 Å². The van der Waals surface area contributed by atoms with Crippen molar-refractivity contribution >= 4 is 17.0 Å². The Kier molecular flexibility index (Phi) is 3.62. The highest BCUT2D eigenvalue weighted by atomic mass is 32.1. The van der Waals surface area contributed by atoms with Crippen molar-refractivity contribution < 1.29 is 0 Å². The van der Waals surface area contributed by atoms with Gasteiger partial charge in [0.05, 0.1) is 0 Å². The molecule has 1 N–H and O–H groups in total. The van der Waals surface area contributed by atoms with Gasteiger partial charge in [-0.05, 0) is 55.0 Å². The summed E-state index contributed by atoms with van der Waals surface area (Å²) in [6.07, 6.45) is 1.10. The van der Waals surface area contributed by atoms with E-state index >= 15 is 0 Å². The lowest BCUT2D eigenvalue weighted by Crippen LogP contribution is -2.04. The molecule has 0 unspecified atom stereocenters. The quantitative estimate of drug-likeness (QED) is 0.838. The molecular weight excluding hydrogens is 214 g/mol. The smallest absolute Gasteiger partial charge is 0.0343 e. The zero-order chi connectivity index (χ0) is 11.4. The van der Waals surface area contributed by atoms with Gasteiger partial charge in [0.25, 0.3) is 0 Å². The minimum absolute atomic E-state index is 1.00. The molecule has 0 saturated carbocycles. The third kappa shape index (κ3) is 2.86. The summed E-state index contributed by atoms with van der Waals surface area (Å²) in [7, 11) is 0. The fraction of sp³-hybridized carbons (Fsp3) is 0.286. The van der Waals surface area contributed by atoms with Gasteiger partial charge >= 0.3 is 0 Å². The Labute approximate surface area is 101 Å². The SMILES string of the molecule is Cc1ccc(NCCc2cccs2)cc1C. The number of hydrogen-bond donors (Lipinski definition) is 1. The van der Waals surface area contributed by atoms with Crippen LogP contribution in [0.5, 0.6) is 0 Å². The normalized spacial score (nSPS) is 10.4. The molecule has 1 nitrogen and oxygen atoms in total. The summed E-state index contributed by atoms with van der Waals surface area (Å²) in [5, 5.41) is 5.59. The summed E-state index contributed by atoms with van der Waals surface area (Å²) in [6.45, 7) is 5.30. The predicted molar refractivity (Wildman–Crippen MR) is 72.4 cm³/mol. The van der Waals surface area contributed by atoms with Gasteiger partial charge in [0.2, 0.25) is 0 Å². The van der Waals surface area contributed by atoms with Crippen LogP contribution in [0.15, 0.2) is 35.7 Å². The Hall–Kier alpha value is -1.28. The van der Waals surface area contributed by atoms with E-state index in [2.05, 4.69) is 54.9 Å². The lowest BCUT2D eigenvalue weighted by molar-refractivity contribution is 1.04. The van der Waals surface area contributed by atoms with Gasteiger partial charge in [0.15, 0.2) is 0 Å². The van der Waals surface area contributed by atoms with Gasteiger partial charge in [0.1, 0.15) is 0 Å². The third-order valence-electron chi connectivity index (χ3n) is 2.79. The van der Waals surface area contributed by atoms with Crippen molar-refractivity contribution in [1.82, 2.24) is 0 Å². The fourth-order valence-electron chi connectivity index (χ4n) is 1.64. The molecule has 0 spiro atoms. The summed E-state index contributed by atoms with van der Waals surface area (Å²) in [6, 6.07) is 10.8. The maximum atomic E-state index is 3.46. The van der Waals surface area contributed by atoms with E-state index in [4.69, 9.17) is 0 Å². The fourth-order valence-corrected chi connectivity index (χ4v) is 2.35. The number of thiophene rings is 1. The molecule has 0 aliphatic rings. The maximum absolute atomic E-state index is 3.46. The molecule has 0 aliphatic carbocycles. The standard InChI is InChI=1S/C14H17NS/c1-11-5-6-13(10-12(11)2)15-8-7-14-4-3-9-16-14/h3-6,9-10,15H,7-8H2,1-2H3. The van der Waals surface area contributed by atoms with Gasteiger partial charge in [-0.2, -0.15) is 0 Å². The first-order chi connectivity index (χ1) is 7.75. The average Bonchev–Trinajstić information content (AvgIpc) is 2.76. The molecule has 1 aromatic carbocycles. The molecule has 16 heavy (non-hydrogen) atoms. The number of rotatable bonds is 4. The van der Waals surface area contributed by atoms with Gasteiger partial charge in [-0.1, -0.05) is 12.1 Å². The Morgan fingerprint density at radius 1 is 1.12 bits per heavy atom. The number of anilines is 1. The highest BCUT2D eigenvalue weighted by molar-refractivity contribution is 7.09. The van der Waals surface area contributed by atoms with Crippen LogP contribution in [0.1, 0.15) is 16.0 Å². The van der Waals surface area contributed by atoms with E-state index < -0.39 is 0 Å². The van der Waals surface area contributed by atoms with Crippen molar-refractivity contribution in [3.05, 3.63) is 51.7 Å². The van der Waals surface area contributed by atoms with Crippen molar-refractivity contribution in [3.8, 4) is 0 Å². The first-order valence-electron chi connectivity index (χ1n) is 5.59. The van der Waals surface area contributed by atoms with Crippen molar-refractivity contribution in [2.24, 2.45) is 0 Å². The molecule has 84 valence electrons. The molecule has 0 saturated heterocycles. The number of nitrogens with one attached hydrogen (secondary N) is 1. The molecule has 0 aliphatic heterocycles. The Morgan fingerprint density at radius 2 is 2.00 bits per heavy atom. The Bertz CT molecular complexity index is 446. The van der Waals surface area contributed by atoms with E-state index in [0.29, 0.717) is 0 Å². The van der Waals surface area contributed by atoms with Crippen molar-refractivity contribution in [2.45, 2.75) is 20.3 Å². The van der Waals surface area contributed by atoms with Gasteiger partial charge < -0.3 is 5.32 Å². The Balaban J connectivity index is 1.87. The van der Waals surface area contributed by atoms with Crippen LogP contribution in [-0.2, 0) is 6.42 Å². The van der Waals surface area contributed by atoms with Crippen molar-refractivity contribution in [2.75, 3.05) is 11.9 Å². The summed E-state index contributed by atoms with van der Waals surface area (Å²) in [4.78, 5) is 1.44. The summed E-state index contributed by atoms with van der Waals surface area (Å²) >= 11 is 1.82. The van der Waals surface area contributed by atoms with Gasteiger partial charge in [-0.25, -0.2) is 0 Å². The highest BCUT2D eigenvalue weighted by Gasteiger charge is 1.97. The van der Waals surface area contributed by atoms with Gasteiger partial charge in [-0.3, -0.25) is 0 Å². The van der Waals surface area contributed by atoms with Crippen LogP contribution in [0.25, 0.3) is 0 Å². The molecule has 0 radical (unpaired) electrons. The zero-order valence-electron chi connectivity index (χ0n) is 9.79. The van der Waals surface area contributed by atoms with Crippen molar-refractivity contribution in [3.63, 3.8) is 0 Å². The second-order valence-electron chi connectivity index (χ2n) is 4.06. The molecule has 0 bridgehead atoms. The molecule has 2 rings (SSSR count). The number of aryl methyl sites for hydroxylation is 2. The summed E-state index contributed by atoms with van der Waals surface area (Å²) in [5.74, 6) is 0.